The van der Waals surface area contributed by atoms with Gasteiger partial charge in [0.25, 0.3) is 0 Å². The number of nitrogens with zero attached hydrogens (tertiary/aromatic N) is 1. The van der Waals surface area contributed by atoms with Crippen molar-refractivity contribution in [3.63, 3.8) is 0 Å². The van der Waals surface area contributed by atoms with Gasteiger partial charge in [0, 0.05) is 5.69 Å². The summed E-state index contributed by atoms with van der Waals surface area (Å²) in [6.45, 7) is 0. The second-order valence-corrected chi connectivity index (χ2v) is 4.05. The molecule has 0 radical (unpaired) electrons. The molecule has 0 aliphatic carbocycles. The number of hydrogen-bond donors (Lipinski definition) is 3. The standard InChI is InChI=1S/C14H11N3O5/c18-12(13(19)17-15-8-11-5-2-6-22-11)16-10-4-1-3-9(7-10)14(20)21/h1-8H,(H,16,18)(H,17,19)(H,20,21)/b15-8-. The van der Waals surface area contributed by atoms with E-state index >= 15 is 0 Å². The Morgan fingerprint density at radius 2 is 1.95 bits per heavy atom. The molecule has 1 aromatic carbocycles. The van der Waals surface area contributed by atoms with Gasteiger partial charge in [-0.15, -0.1) is 0 Å². The fourth-order valence-corrected chi connectivity index (χ4v) is 1.49. The van der Waals surface area contributed by atoms with Crippen LogP contribution in [-0.2, 0) is 9.59 Å². The fourth-order valence-electron chi connectivity index (χ4n) is 1.49. The molecule has 8 heteroatoms. The molecule has 0 saturated heterocycles. The van der Waals surface area contributed by atoms with Crippen LogP contribution in [0.5, 0.6) is 0 Å². The minimum Gasteiger partial charge on any atom is -0.478 e. The van der Waals surface area contributed by atoms with Gasteiger partial charge in [-0.2, -0.15) is 5.10 Å². The van der Waals surface area contributed by atoms with Gasteiger partial charge in [0.1, 0.15) is 5.76 Å². The second kappa shape index (κ2) is 6.84. The predicted molar refractivity (Wildman–Crippen MR) is 76.5 cm³/mol. The van der Waals surface area contributed by atoms with Gasteiger partial charge < -0.3 is 14.8 Å². The Kier molecular flexibility index (Phi) is 4.66. The molecule has 2 aromatic rings. The number of nitrogens with one attached hydrogen (secondary N) is 2. The van der Waals surface area contributed by atoms with E-state index in [2.05, 4.69) is 10.4 Å². The van der Waals surface area contributed by atoms with Crippen molar-refractivity contribution in [2.45, 2.75) is 0 Å². The highest BCUT2D eigenvalue weighted by atomic mass is 16.4. The quantitative estimate of drug-likeness (QED) is 0.443. The normalized spacial score (nSPS) is 10.4. The number of rotatable bonds is 4. The van der Waals surface area contributed by atoms with Crippen LogP contribution in [0.4, 0.5) is 5.69 Å². The summed E-state index contributed by atoms with van der Waals surface area (Å²) in [6.07, 6.45) is 2.67. The number of carbonyl (C=O) groups is 3. The number of carboxylic acid groups (broad SMARTS) is 1. The summed E-state index contributed by atoms with van der Waals surface area (Å²) in [5, 5.41) is 14.7. The summed E-state index contributed by atoms with van der Waals surface area (Å²) in [5.74, 6) is -2.69. The molecule has 112 valence electrons. The topological polar surface area (TPSA) is 121 Å². The van der Waals surface area contributed by atoms with Gasteiger partial charge in [-0.1, -0.05) is 6.07 Å². The largest absolute Gasteiger partial charge is 0.478 e. The molecule has 22 heavy (non-hydrogen) atoms. The molecule has 0 aliphatic rings. The lowest BCUT2D eigenvalue weighted by Crippen LogP contribution is -2.32. The number of carboxylic acids is 1. The second-order valence-electron chi connectivity index (χ2n) is 4.05. The maximum absolute atomic E-state index is 11.6. The summed E-state index contributed by atoms with van der Waals surface area (Å²) in [4.78, 5) is 33.9. The highest BCUT2D eigenvalue weighted by Gasteiger charge is 2.13. The van der Waals surface area contributed by atoms with Crippen LogP contribution in [0, 0.1) is 0 Å². The zero-order chi connectivity index (χ0) is 15.9. The van der Waals surface area contributed by atoms with Gasteiger partial charge in [0.2, 0.25) is 0 Å². The van der Waals surface area contributed by atoms with E-state index in [1.165, 1.54) is 36.7 Å². The van der Waals surface area contributed by atoms with Crippen LogP contribution >= 0.6 is 0 Å². The first-order chi connectivity index (χ1) is 10.6. The number of hydrazone groups is 1. The molecule has 0 unspecified atom stereocenters. The number of hydrogen-bond acceptors (Lipinski definition) is 5. The first-order valence-corrected chi connectivity index (χ1v) is 6.07. The van der Waals surface area contributed by atoms with Gasteiger partial charge in [0.05, 0.1) is 18.0 Å². The van der Waals surface area contributed by atoms with Crippen molar-refractivity contribution in [3.8, 4) is 0 Å². The molecule has 0 spiro atoms. The highest BCUT2D eigenvalue weighted by molar-refractivity contribution is 6.39. The molecule has 0 fully saturated rings. The zero-order valence-corrected chi connectivity index (χ0v) is 11.1. The van der Waals surface area contributed by atoms with Crippen LogP contribution in [0.15, 0.2) is 52.2 Å². The van der Waals surface area contributed by atoms with E-state index in [1.54, 1.807) is 12.1 Å². The van der Waals surface area contributed by atoms with Crippen molar-refractivity contribution in [3.05, 3.63) is 54.0 Å². The van der Waals surface area contributed by atoms with Crippen molar-refractivity contribution in [1.82, 2.24) is 5.43 Å². The minimum atomic E-state index is -1.14. The minimum absolute atomic E-state index is 0.00551. The number of amides is 2. The number of benzene rings is 1. The molecule has 2 rings (SSSR count). The van der Waals surface area contributed by atoms with Crippen LogP contribution in [0.3, 0.4) is 0 Å². The number of anilines is 1. The van der Waals surface area contributed by atoms with Gasteiger partial charge >= 0.3 is 17.8 Å². The van der Waals surface area contributed by atoms with Crippen molar-refractivity contribution < 1.29 is 23.9 Å². The number of aromatic carboxylic acids is 1. The average molecular weight is 301 g/mol. The smallest absolute Gasteiger partial charge is 0.335 e. The summed E-state index contributed by atoms with van der Waals surface area (Å²) in [6, 6.07) is 8.78. The lowest BCUT2D eigenvalue weighted by atomic mass is 10.2. The van der Waals surface area contributed by atoms with Gasteiger partial charge in [0.15, 0.2) is 0 Å². The Balaban J connectivity index is 1.92. The van der Waals surface area contributed by atoms with Crippen LogP contribution < -0.4 is 10.7 Å². The summed E-state index contributed by atoms with van der Waals surface area (Å²) >= 11 is 0. The zero-order valence-electron chi connectivity index (χ0n) is 11.1. The fraction of sp³-hybridized carbons (Fsp3) is 0. The summed E-state index contributed by atoms with van der Waals surface area (Å²) in [5.41, 5.74) is 2.20. The molecule has 0 aliphatic heterocycles. The summed E-state index contributed by atoms with van der Waals surface area (Å²) in [7, 11) is 0. The Bertz CT molecular complexity index is 722. The van der Waals surface area contributed by atoms with E-state index in [0.717, 1.165) is 0 Å². The van der Waals surface area contributed by atoms with E-state index in [4.69, 9.17) is 9.52 Å². The highest BCUT2D eigenvalue weighted by Crippen LogP contribution is 2.10. The molecule has 3 N–H and O–H groups in total. The van der Waals surface area contributed by atoms with E-state index in [9.17, 15) is 14.4 Å². The monoisotopic (exact) mass is 301 g/mol. The number of carbonyl (C=O) groups excluding carboxylic acids is 2. The van der Waals surface area contributed by atoms with Gasteiger partial charge in [-0.3, -0.25) is 9.59 Å². The molecule has 0 atom stereocenters. The third-order valence-electron chi connectivity index (χ3n) is 2.47. The first kappa shape index (κ1) is 15.0. The van der Waals surface area contributed by atoms with E-state index in [1.807, 2.05) is 5.43 Å². The Labute approximate surface area is 124 Å². The van der Waals surface area contributed by atoms with Gasteiger partial charge in [-0.25, -0.2) is 10.2 Å². The molecule has 1 heterocycles. The van der Waals surface area contributed by atoms with E-state index < -0.39 is 17.8 Å². The molecule has 8 nitrogen and oxygen atoms in total. The molecular formula is C14H11N3O5. The summed E-state index contributed by atoms with van der Waals surface area (Å²) < 4.78 is 4.95. The average Bonchev–Trinajstić information content (AvgIpc) is 3.00. The van der Waals surface area contributed by atoms with Crippen molar-refractivity contribution >= 4 is 29.7 Å². The Hall–Kier alpha value is -3.42. The molecule has 0 bridgehead atoms. The SMILES string of the molecule is O=C(N/N=C\c1ccco1)C(=O)Nc1cccc(C(=O)O)c1. The molecule has 0 saturated carbocycles. The third-order valence-corrected chi connectivity index (χ3v) is 2.47. The maximum atomic E-state index is 11.6. The molecule has 1 aromatic heterocycles. The van der Waals surface area contributed by atoms with Crippen LogP contribution in [-0.4, -0.2) is 29.1 Å². The van der Waals surface area contributed by atoms with Crippen LogP contribution in [0.2, 0.25) is 0 Å². The van der Waals surface area contributed by atoms with Crippen LogP contribution in [0.1, 0.15) is 16.1 Å². The van der Waals surface area contributed by atoms with Gasteiger partial charge in [-0.05, 0) is 30.3 Å². The van der Waals surface area contributed by atoms with Crippen molar-refractivity contribution in [2.75, 3.05) is 5.32 Å². The van der Waals surface area contributed by atoms with Crippen molar-refractivity contribution in [1.29, 1.82) is 0 Å². The maximum Gasteiger partial charge on any atom is 0.335 e. The molecular weight excluding hydrogens is 290 g/mol. The van der Waals surface area contributed by atoms with Crippen LogP contribution in [0.25, 0.3) is 0 Å². The first-order valence-electron chi connectivity index (χ1n) is 6.07. The predicted octanol–water partition coefficient (Wildman–Crippen LogP) is 1.07. The number of furan rings is 1. The lowest BCUT2D eigenvalue weighted by molar-refractivity contribution is -0.136. The lowest BCUT2D eigenvalue weighted by Gasteiger charge is -2.04. The van der Waals surface area contributed by atoms with E-state index in [0.29, 0.717) is 5.76 Å². The van der Waals surface area contributed by atoms with E-state index in [-0.39, 0.29) is 11.3 Å². The molecule has 2 amide bonds. The Morgan fingerprint density at radius 3 is 2.64 bits per heavy atom. The van der Waals surface area contributed by atoms with Crippen molar-refractivity contribution in [2.24, 2.45) is 5.10 Å². The Morgan fingerprint density at radius 1 is 1.14 bits per heavy atom. The third kappa shape index (κ3) is 4.04.